The zero-order chi connectivity index (χ0) is 20.8. The molecule has 0 aromatic heterocycles. The van der Waals surface area contributed by atoms with Crippen molar-refractivity contribution in [3.63, 3.8) is 0 Å². The van der Waals surface area contributed by atoms with Gasteiger partial charge in [-0.25, -0.2) is 0 Å². The average Bonchev–Trinajstić information content (AvgIpc) is 2.69. The van der Waals surface area contributed by atoms with Crippen molar-refractivity contribution in [2.24, 2.45) is 0 Å². The molecule has 0 saturated carbocycles. The van der Waals surface area contributed by atoms with Gasteiger partial charge in [-0.15, -0.1) is 0 Å². The van der Waals surface area contributed by atoms with Crippen LogP contribution in [-0.2, 0) is 0 Å². The predicted molar refractivity (Wildman–Crippen MR) is 122 cm³/mol. The van der Waals surface area contributed by atoms with E-state index in [4.69, 9.17) is 17.0 Å². The minimum absolute atomic E-state index is 0.0897. The number of piperazine rings is 1. The Labute approximate surface area is 177 Å². The topological polar surface area (TPSA) is 56.8 Å². The van der Waals surface area contributed by atoms with E-state index in [1.807, 2.05) is 32.0 Å². The zero-order valence-corrected chi connectivity index (χ0v) is 18.0. The molecule has 7 heteroatoms. The molecule has 1 aliphatic heterocycles. The summed E-state index contributed by atoms with van der Waals surface area (Å²) < 4.78 is 5.61. The summed E-state index contributed by atoms with van der Waals surface area (Å²) in [4.78, 5) is 17.2. The maximum absolute atomic E-state index is 12.5. The van der Waals surface area contributed by atoms with Crippen LogP contribution in [0.4, 0.5) is 11.4 Å². The van der Waals surface area contributed by atoms with Gasteiger partial charge in [-0.3, -0.25) is 10.1 Å². The Balaban J connectivity index is 1.61. The Morgan fingerprint density at radius 3 is 2.34 bits per heavy atom. The van der Waals surface area contributed by atoms with Gasteiger partial charge in [-0.1, -0.05) is 12.1 Å². The van der Waals surface area contributed by atoms with Crippen LogP contribution in [0.25, 0.3) is 0 Å². The number of ether oxygens (including phenoxy) is 1. The smallest absolute Gasteiger partial charge is 0.257 e. The van der Waals surface area contributed by atoms with Crippen LogP contribution in [0.5, 0.6) is 5.75 Å². The van der Waals surface area contributed by atoms with Crippen molar-refractivity contribution in [3.8, 4) is 5.75 Å². The molecule has 1 fully saturated rings. The highest BCUT2D eigenvalue weighted by molar-refractivity contribution is 7.80. The van der Waals surface area contributed by atoms with Gasteiger partial charge in [-0.2, -0.15) is 0 Å². The zero-order valence-electron chi connectivity index (χ0n) is 17.1. The van der Waals surface area contributed by atoms with Crippen molar-refractivity contribution in [3.05, 3.63) is 54.1 Å². The maximum Gasteiger partial charge on any atom is 0.257 e. The van der Waals surface area contributed by atoms with Crippen LogP contribution in [0.1, 0.15) is 24.2 Å². The summed E-state index contributed by atoms with van der Waals surface area (Å²) in [6.45, 7) is 7.88. The van der Waals surface area contributed by atoms with Crippen LogP contribution >= 0.6 is 12.2 Å². The van der Waals surface area contributed by atoms with Gasteiger partial charge < -0.3 is 19.9 Å². The maximum atomic E-state index is 12.5. The summed E-state index contributed by atoms with van der Waals surface area (Å²) >= 11 is 5.38. The molecule has 0 radical (unpaired) electrons. The monoisotopic (exact) mass is 412 g/mol. The number of carbonyl (C=O) groups is 1. The highest BCUT2D eigenvalue weighted by Crippen LogP contribution is 2.26. The minimum Gasteiger partial charge on any atom is -0.491 e. The summed E-state index contributed by atoms with van der Waals surface area (Å²) in [7, 11) is 2.13. The van der Waals surface area contributed by atoms with Crippen LogP contribution in [0.15, 0.2) is 48.5 Å². The molecule has 2 aromatic carbocycles. The number of amides is 1. The standard InChI is InChI=1S/C22H28N4O2S/c1-16(2)28-18-10-8-17(9-11-18)21(27)24-22(29)23-19-6-4-5-7-20(19)26-14-12-25(3)13-15-26/h4-11,16H,12-15H2,1-3H3,(H2,23,24,27,29). The predicted octanol–water partition coefficient (Wildman–Crippen LogP) is 3.35. The second kappa shape index (κ2) is 9.71. The molecule has 0 spiro atoms. The number of benzene rings is 2. The quantitative estimate of drug-likeness (QED) is 0.735. The van der Waals surface area contributed by atoms with E-state index in [0.717, 1.165) is 43.3 Å². The third-order valence-electron chi connectivity index (χ3n) is 4.71. The summed E-state index contributed by atoms with van der Waals surface area (Å²) in [5, 5.41) is 6.21. The molecule has 2 aromatic rings. The van der Waals surface area contributed by atoms with Crippen LogP contribution in [0.2, 0.25) is 0 Å². The molecule has 1 amide bonds. The summed E-state index contributed by atoms with van der Waals surface area (Å²) in [6, 6.07) is 15.1. The van der Waals surface area contributed by atoms with Gasteiger partial charge in [0, 0.05) is 31.7 Å². The molecule has 0 atom stereocenters. The molecule has 154 valence electrons. The largest absolute Gasteiger partial charge is 0.491 e. The number of likely N-dealkylation sites (N-methyl/N-ethyl adjacent to an activating group) is 1. The Morgan fingerprint density at radius 2 is 1.69 bits per heavy atom. The van der Waals surface area contributed by atoms with E-state index in [2.05, 4.69) is 33.5 Å². The van der Waals surface area contributed by atoms with Gasteiger partial charge in [0.2, 0.25) is 0 Å². The second-order valence-electron chi connectivity index (χ2n) is 7.41. The lowest BCUT2D eigenvalue weighted by molar-refractivity contribution is 0.0977. The molecule has 6 nitrogen and oxygen atoms in total. The molecule has 2 N–H and O–H groups in total. The van der Waals surface area contributed by atoms with Crippen molar-refractivity contribution in [2.75, 3.05) is 43.4 Å². The normalized spacial score (nSPS) is 14.6. The highest BCUT2D eigenvalue weighted by atomic mass is 32.1. The number of thiocarbonyl (C=S) groups is 1. The first-order valence-corrected chi connectivity index (χ1v) is 10.2. The lowest BCUT2D eigenvalue weighted by atomic mass is 10.2. The van der Waals surface area contributed by atoms with E-state index >= 15 is 0 Å². The molecule has 1 heterocycles. The first-order valence-electron chi connectivity index (χ1n) is 9.84. The van der Waals surface area contributed by atoms with Crippen LogP contribution in [0, 0.1) is 0 Å². The Kier molecular flexibility index (Phi) is 7.06. The third-order valence-corrected chi connectivity index (χ3v) is 4.92. The van der Waals surface area contributed by atoms with Gasteiger partial charge in [-0.05, 0) is 69.5 Å². The van der Waals surface area contributed by atoms with Gasteiger partial charge in [0.05, 0.1) is 17.5 Å². The molecule has 0 unspecified atom stereocenters. The van der Waals surface area contributed by atoms with E-state index in [1.54, 1.807) is 24.3 Å². The van der Waals surface area contributed by atoms with Crippen molar-refractivity contribution in [1.82, 2.24) is 10.2 Å². The molecule has 1 saturated heterocycles. The second-order valence-corrected chi connectivity index (χ2v) is 7.81. The van der Waals surface area contributed by atoms with Crippen molar-refractivity contribution < 1.29 is 9.53 Å². The lowest BCUT2D eigenvalue weighted by Crippen LogP contribution is -2.45. The molecule has 3 rings (SSSR count). The molecular weight excluding hydrogens is 384 g/mol. The fourth-order valence-corrected chi connectivity index (χ4v) is 3.39. The van der Waals surface area contributed by atoms with Gasteiger partial charge in [0.15, 0.2) is 5.11 Å². The van der Waals surface area contributed by atoms with E-state index in [9.17, 15) is 4.79 Å². The number of nitrogens with zero attached hydrogens (tertiary/aromatic N) is 2. The molecule has 1 aliphatic rings. The van der Waals surface area contributed by atoms with Crippen molar-refractivity contribution in [2.45, 2.75) is 20.0 Å². The summed E-state index contributed by atoms with van der Waals surface area (Å²) in [6.07, 6.45) is 0.0897. The summed E-state index contributed by atoms with van der Waals surface area (Å²) in [5.41, 5.74) is 2.51. The third kappa shape index (κ3) is 5.92. The minimum atomic E-state index is -0.254. The van der Waals surface area contributed by atoms with Crippen molar-refractivity contribution >= 4 is 34.6 Å². The number of hydrogen-bond donors (Lipinski definition) is 2. The van der Waals surface area contributed by atoms with E-state index in [1.165, 1.54) is 0 Å². The average molecular weight is 413 g/mol. The highest BCUT2D eigenvalue weighted by Gasteiger charge is 2.17. The molecular formula is C22H28N4O2S. The SMILES string of the molecule is CC(C)Oc1ccc(C(=O)NC(=S)Nc2ccccc2N2CCN(C)CC2)cc1. The van der Waals surface area contributed by atoms with Gasteiger partial charge in [0.1, 0.15) is 5.75 Å². The number of carbonyl (C=O) groups excluding carboxylic acids is 1. The molecule has 29 heavy (non-hydrogen) atoms. The van der Waals surface area contributed by atoms with Gasteiger partial charge in [0.25, 0.3) is 5.91 Å². The molecule has 0 bridgehead atoms. The first-order chi connectivity index (χ1) is 13.9. The van der Waals surface area contributed by atoms with E-state index in [0.29, 0.717) is 5.56 Å². The van der Waals surface area contributed by atoms with Crippen LogP contribution in [0.3, 0.4) is 0 Å². The number of para-hydroxylation sites is 2. The Hall–Kier alpha value is -2.64. The first kappa shape index (κ1) is 21.1. The fraction of sp³-hybridized carbons (Fsp3) is 0.364. The molecule has 0 aliphatic carbocycles. The number of rotatable bonds is 5. The fourth-order valence-electron chi connectivity index (χ4n) is 3.19. The van der Waals surface area contributed by atoms with Gasteiger partial charge >= 0.3 is 0 Å². The van der Waals surface area contributed by atoms with E-state index in [-0.39, 0.29) is 17.1 Å². The number of anilines is 2. The van der Waals surface area contributed by atoms with E-state index < -0.39 is 0 Å². The number of hydrogen-bond acceptors (Lipinski definition) is 5. The Bertz CT molecular complexity index is 846. The van der Waals surface area contributed by atoms with Crippen LogP contribution < -0.4 is 20.3 Å². The van der Waals surface area contributed by atoms with Crippen molar-refractivity contribution in [1.29, 1.82) is 0 Å². The van der Waals surface area contributed by atoms with Crippen LogP contribution in [-0.4, -0.2) is 55.3 Å². The Morgan fingerprint density at radius 1 is 1.03 bits per heavy atom. The summed E-state index contributed by atoms with van der Waals surface area (Å²) in [5.74, 6) is 0.481. The lowest BCUT2D eigenvalue weighted by Gasteiger charge is -2.35. The number of nitrogens with one attached hydrogen (secondary N) is 2.